The SMILES string of the molecule is Cc1noc(C)c1CC(=O)N(CC1CCCO1)c1nc2ccccc2s1. The third-order valence-corrected chi connectivity index (χ3v) is 5.79. The summed E-state index contributed by atoms with van der Waals surface area (Å²) >= 11 is 1.54. The summed E-state index contributed by atoms with van der Waals surface area (Å²) in [4.78, 5) is 19.6. The molecule has 1 aliphatic heterocycles. The number of hydrogen-bond donors (Lipinski definition) is 0. The molecule has 26 heavy (non-hydrogen) atoms. The summed E-state index contributed by atoms with van der Waals surface area (Å²) in [5.74, 6) is 0.686. The molecule has 1 aliphatic rings. The topological polar surface area (TPSA) is 68.5 Å². The lowest BCUT2D eigenvalue weighted by atomic mass is 10.1. The molecule has 0 radical (unpaired) electrons. The molecule has 7 heteroatoms. The van der Waals surface area contributed by atoms with Gasteiger partial charge in [0.25, 0.3) is 0 Å². The van der Waals surface area contributed by atoms with Gasteiger partial charge in [0.2, 0.25) is 5.91 Å². The zero-order valence-electron chi connectivity index (χ0n) is 14.9. The molecule has 6 nitrogen and oxygen atoms in total. The van der Waals surface area contributed by atoms with Crippen molar-refractivity contribution in [2.24, 2.45) is 0 Å². The number of nitrogens with zero attached hydrogens (tertiary/aromatic N) is 3. The van der Waals surface area contributed by atoms with Gasteiger partial charge in [-0.25, -0.2) is 4.98 Å². The largest absolute Gasteiger partial charge is 0.376 e. The van der Waals surface area contributed by atoms with Gasteiger partial charge in [-0.2, -0.15) is 0 Å². The summed E-state index contributed by atoms with van der Waals surface area (Å²) in [6.07, 6.45) is 2.33. The highest BCUT2D eigenvalue weighted by atomic mass is 32.1. The van der Waals surface area contributed by atoms with Crippen LogP contribution >= 0.6 is 11.3 Å². The normalized spacial score (nSPS) is 17.1. The van der Waals surface area contributed by atoms with Crippen molar-refractivity contribution in [3.05, 3.63) is 41.3 Å². The maximum Gasteiger partial charge on any atom is 0.233 e. The first-order chi connectivity index (χ1) is 12.6. The van der Waals surface area contributed by atoms with Gasteiger partial charge in [-0.3, -0.25) is 9.69 Å². The van der Waals surface area contributed by atoms with E-state index in [9.17, 15) is 4.79 Å². The standard InChI is InChI=1S/C19H21N3O3S/c1-12-15(13(2)25-21-12)10-18(23)22(11-14-6-5-9-24-14)19-20-16-7-3-4-8-17(16)26-19/h3-4,7-8,14H,5-6,9-11H2,1-2H3. The number of carbonyl (C=O) groups is 1. The van der Waals surface area contributed by atoms with E-state index in [-0.39, 0.29) is 18.4 Å². The van der Waals surface area contributed by atoms with E-state index < -0.39 is 0 Å². The van der Waals surface area contributed by atoms with Gasteiger partial charge >= 0.3 is 0 Å². The molecule has 0 saturated carbocycles. The fraction of sp³-hybridized carbons (Fsp3) is 0.421. The molecule has 1 atom stereocenters. The molecule has 0 aliphatic carbocycles. The number of ether oxygens (including phenoxy) is 1. The lowest BCUT2D eigenvalue weighted by Crippen LogP contribution is -2.38. The molecule has 1 fully saturated rings. The second-order valence-electron chi connectivity index (χ2n) is 6.58. The number of carbonyl (C=O) groups excluding carboxylic acids is 1. The van der Waals surface area contributed by atoms with Crippen LogP contribution in [0, 0.1) is 13.8 Å². The first-order valence-electron chi connectivity index (χ1n) is 8.81. The van der Waals surface area contributed by atoms with Gasteiger partial charge in [0.1, 0.15) is 5.76 Å². The van der Waals surface area contributed by atoms with Crippen molar-refractivity contribution in [3.8, 4) is 0 Å². The molecule has 3 heterocycles. The van der Waals surface area contributed by atoms with Crippen LogP contribution in [0.1, 0.15) is 29.9 Å². The van der Waals surface area contributed by atoms with Crippen molar-refractivity contribution in [3.63, 3.8) is 0 Å². The predicted molar refractivity (Wildman–Crippen MR) is 101 cm³/mol. The highest BCUT2D eigenvalue weighted by Gasteiger charge is 2.27. The number of para-hydroxylation sites is 1. The van der Waals surface area contributed by atoms with E-state index in [0.29, 0.717) is 12.3 Å². The summed E-state index contributed by atoms with van der Waals surface area (Å²) in [6.45, 7) is 4.99. The van der Waals surface area contributed by atoms with Crippen LogP contribution in [0.4, 0.5) is 5.13 Å². The van der Waals surface area contributed by atoms with Gasteiger partial charge in [-0.05, 0) is 38.8 Å². The average Bonchev–Trinajstić information content (AvgIpc) is 3.35. The first-order valence-corrected chi connectivity index (χ1v) is 9.63. The Morgan fingerprint density at radius 3 is 2.88 bits per heavy atom. The minimum Gasteiger partial charge on any atom is -0.376 e. The van der Waals surface area contributed by atoms with Crippen LogP contribution in [0.3, 0.4) is 0 Å². The maximum atomic E-state index is 13.1. The summed E-state index contributed by atoms with van der Waals surface area (Å²) in [5.41, 5.74) is 2.53. The lowest BCUT2D eigenvalue weighted by Gasteiger charge is -2.23. The van der Waals surface area contributed by atoms with Crippen molar-refractivity contribution in [2.45, 2.75) is 39.2 Å². The minimum absolute atomic E-state index is 0.00560. The average molecular weight is 371 g/mol. The number of aryl methyl sites for hydroxylation is 2. The summed E-state index contributed by atoms with van der Waals surface area (Å²) < 4.78 is 12.0. The van der Waals surface area contributed by atoms with Gasteiger partial charge < -0.3 is 9.26 Å². The fourth-order valence-electron chi connectivity index (χ4n) is 3.25. The van der Waals surface area contributed by atoms with Gasteiger partial charge in [-0.15, -0.1) is 0 Å². The number of thiazole rings is 1. The van der Waals surface area contributed by atoms with Crippen LogP contribution in [0.5, 0.6) is 0 Å². The minimum atomic E-state index is -0.00560. The van der Waals surface area contributed by atoms with Gasteiger partial charge in [0.15, 0.2) is 5.13 Å². The smallest absolute Gasteiger partial charge is 0.233 e. The molecule has 1 amide bonds. The highest BCUT2D eigenvalue weighted by Crippen LogP contribution is 2.30. The maximum absolute atomic E-state index is 13.1. The molecular formula is C19H21N3O3S. The molecule has 0 spiro atoms. The predicted octanol–water partition coefficient (Wildman–Crippen LogP) is 3.66. The van der Waals surface area contributed by atoms with E-state index in [1.165, 1.54) is 11.3 Å². The first kappa shape index (κ1) is 17.2. The Labute approximate surface area is 155 Å². The number of aromatic nitrogens is 2. The van der Waals surface area contributed by atoms with Gasteiger partial charge in [-0.1, -0.05) is 28.6 Å². The van der Waals surface area contributed by atoms with Crippen molar-refractivity contribution >= 4 is 32.6 Å². The number of benzene rings is 1. The molecule has 2 aromatic heterocycles. The summed E-state index contributed by atoms with van der Waals surface area (Å²) in [5, 5.41) is 4.68. The van der Waals surface area contributed by atoms with E-state index in [4.69, 9.17) is 9.26 Å². The number of rotatable bonds is 5. The monoisotopic (exact) mass is 371 g/mol. The zero-order valence-corrected chi connectivity index (χ0v) is 15.7. The Bertz CT molecular complexity index is 875. The second kappa shape index (κ2) is 7.17. The van der Waals surface area contributed by atoms with E-state index in [1.807, 2.05) is 38.1 Å². The third-order valence-electron chi connectivity index (χ3n) is 4.73. The number of fused-ring (bicyclic) bond motifs is 1. The van der Waals surface area contributed by atoms with E-state index in [2.05, 4.69) is 10.1 Å². The second-order valence-corrected chi connectivity index (χ2v) is 7.59. The zero-order chi connectivity index (χ0) is 18.1. The third kappa shape index (κ3) is 3.37. The highest BCUT2D eigenvalue weighted by molar-refractivity contribution is 7.22. The Hall–Kier alpha value is -2.25. The Balaban J connectivity index is 1.64. The van der Waals surface area contributed by atoms with Crippen LogP contribution in [0.2, 0.25) is 0 Å². The Morgan fingerprint density at radius 2 is 2.19 bits per heavy atom. The molecular weight excluding hydrogens is 350 g/mol. The molecule has 3 aromatic rings. The molecule has 4 rings (SSSR count). The molecule has 1 saturated heterocycles. The van der Waals surface area contributed by atoms with Crippen LogP contribution in [0.15, 0.2) is 28.8 Å². The Kier molecular flexibility index (Phi) is 4.74. The van der Waals surface area contributed by atoms with Gasteiger partial charge in [0, 0.05) is 12.2 Å². The lowest BCUT2D eigenvalue weighted by molar-refractivity contribution is -0.118. The van der Waals surface area contributed by atoms with E-state index >= 15 is 0 Å². The van der Waals surface area contributed by atoms with Crippen LogP contribution in [0.25, 0.3) is 10.2 Å². The molecule has 0 bridgehead atoms. The quantitative estimate of drug-likeness (QED) is 0.685. The number of amides is 1. The van der Waals surface area contributed by atoms with Crippen molar-refractivity contribution in [2.75, 3.05) is 18.1 Å². The molecule has 1 aromatic carbocycles. The van der Waals surface area contributed by atoms with Gasteiger partial charge in [0.05, 0.1) is 35.0 Å². The van der Waals surface area contributed by atoms with Crippen molar-refractivity contribution < 1.29 is 14.1 Å². The van der Waals surface area contributed by atoms with Crippen LogP contribution < -0.4 is 4.90 Å². The van der Waals surface area contributed by atoms with Crippen molar-refractivity contribution in [1.29, 1.82) is 0 Å². The molecule has 0 N–H and O–H groups in total. The number of anilines is 1. The summed E-state index contributed by atoms with van der Waals surface area (Å²) in [7, 11) is 0. The van der Waals surface area contributed by atoms with E-state index in [0.717, 1.165) is 46.1 Å². The van der Waals surface area contributed by atoms with Crippen molar-refractivity contribution in [1.82, 2.24) is 10.1 Å². The summed E-state index contributed by atoms with van der Waals surface area (Å²) in [6, 6.07) is 7.94. The fourth-order valence-corrected chi connectivity index (χ4v) is 4.25. The van der Waals surface area contributed by atoms with Crippen LogP contribution in [-0.2, 0) is 16.0 Å². The Morgan fingerprint density at radius 1 is 1.35 bits per heavy atom. The molecule has 136 valence electrons. The number of hydrogen-bond acceptors (Lipinski definition) is 6. The van der Waals surface area contributed by atoms with E-state index in [1.54, 1.807) is 4.90 Å². The van der Waals surface area contributed by atoms with Crippen LogP contribution in [-0.4, -0.2) is 35.3 Å². The molecule has 1 unspecified atom stereocenters.